The van der Waals surface area contributed by atoms with Gasteiger partial charge in [-0.2, -0.15) is 0 Å². The minimum Gasteiger partial charge on any atom is -0.497 e. The van der Waals surface area contributed by atoms with Gasteiger partial charge in [0.2, 0.25) is 0 Å². The van der Waals surface area contributed by atoms with Crippen molar-refractivity contribution >= 4 is 5.52 Å². The summed E-state index contributed by atoms with van der Waals surface area (Å²) in [5, 5.41) is 0. The quantitative estimate of drug-likeness (QED) is 0.818. The number of ether oxygens (including phenoxy) is 1. The largest absolute Gasteiger partial charge is 0.497 e. The molecule has 90 valence electrons. The summed E-state index contributed by atoms with van der Waals surface area (Å²) in [5.41, 5.74) is 11.5. The molecule has 2 aromatic rings. The topological polar surface area (TPSA) is 39.7 Å². The number of nitrogens with zero attached hydrogens (tertiary/aromatic N) is 1. The van der Waals surface area contributed by atoms with E-state index in [4.69, 9.17) is 10.5 Å². The molecule has 0 fully saturated rings. The van der Waals surface area contributed by atoms with Crippen LogP contribution >= 0.6 is 0 Å². The fraction of sp³-hybridized carbons (Fsp3) is 0.429. The van der Waals surface area contributed by atoms with Crippen molar-refractivity contribution in [2.24, 2.45) is 5.73 Å². The van der Waals surface area contributed by atoms with Crippen molar-refractivity contribution in [2.75, 3.05) is 7.11 Å². The Morgan fingerprint density at radius 2 is 2.29 bits per heavy atom. The van der Waals surface area contributed by atoms with Gasteiger partial charge >= 0.3 is 0 Å². The molecule has 3 rings (SSSR count). The number of pyridine rings is 1. The summed E-state index contributed by atoms with van der Waals surface area (Å²) in [5.74, 6) is 0.906. The zero-order valence-electron chi connectivity index (χ0n) is 10.4. The zero-order valence-corrected chi connectivity index (χ0v) is 10.4. The van der Waals surface area contributed by atoms with Gasteiger partial charge in [-0.25, -0.2) is 0 Å². The Hall–Kier alpha value is -1.48. The number of aryl methyl sites for hydroxylation is 2. The Balaban J connectivity index is 2.32. The van der Waals surface area contributed by atoms with E-state index < -0.39 is 0 Å². The molecule has 17 heavy (non-hydrogen) atoms. The molecule has 1 atom stereocenters. The van der Waals surface area contributed by atoms with E-state index in [-0.39, 0.29) is 6.04 Å². The van der Waals surface area contributed by atoms with Crippen molar-refractivity contribution in [1.82, 2.24) is 4.40 Å². The third-order valence-corrected chi connectivity index (χ3v) is 3.85. The van der Waals surface area contributed by atoms with Gasteiger partial charge in [-0.15, -0.1) is 0 Å². The smallest absolute Gasteiger partial charge is 0.122 e. The zero-order chi connectivity index (χ0) is 12.0. The average molecular weight is 230 g/mol. The number of hydrogen-bond acceptors (Lipinski definition) is 2. The number of aromatic nitrogens is 1. The minimum atomic E-state index is 0.199. The lowest BCUT2D eigenvalue weighted by atomic mass is 9.91. The fourth-order valence-electron chi connectivity index (χ4n) is 3.00. The predicted molar refractivity (Wildman–Crippen MR) is 68.6 cm³/mol. The maximum absolute atomic E-state index is 6.24. The van der Waals surface area contributed by atoms with Gasteiger partial charge in [0, 0.05) is 24.0 Å². The second-order valence-corrected chi connectivity index (χ2v) is 4.81. The molecule has 0 amide bonds. The molecule has 0 bridgehead atoms. The summed E-state index contributed by atoms with van der Waals surface area (Å²) in [6.45, 7) is 2.17. The third-order valence-electron chi connectivity index (χ3n) is 3.85. The van der Waals surface area contributed by atoms with Crippen LogP contribution in [0.25, 0.3) is 5.52 Å². The summed E-state index contributed by atoms with van der Waals surface area (Å²) >= 11 is 0. The van der Waals surface area contributed by atoms with Gasteiger partial charge in [0.15, 0.2) is 0 Å². The van der Waals surface area contributed by atoms with Gasteiger partial charge in [-0.05, 0) is 43.4 Å². The van der Waals surface area contributed by atoms with Crippen molar-refractivity contribution in [2.45, 2.75) is 32.2 Å². The standard InChI is InChI=1S/C14H18N2O/c1-9-13-8-10(17-2)6-7-16(13)12-5-3-4-11(15)14(9)12/h6-8,11H,3-5,15H2,1-2H3. The Morgan fingerprint density at radius 1 is 1.47 bits per heavy atom. The molecule has 2 aromatic heterocycles. The van der Waals surface area contributed by atoms with Crippen LogP contribution < -0.4 is 10.5 Å². The van der Waals surface area contributed by atoms with E-state index in [0.29, 0.717) is 0 Å². The van der Waals surface area contributed by atoms with E-state index >= 15 is 0 Å². The van der Waals surface area contributed by atoms with Gasteiger partial charge in [0.25, 0.3) is 0 Å². The molecule has 0 saturated heterocycles. The van der Waals surface area contributed by atoms with Crippen molar-refractivity contribution in [3.8, 4) is 5.75 Å². The minimum absolute atomic E-state index is 0.199. The molecule has 1 aliphatic rings. The first-order valence-electron chi connectivity index (χ1n) is 6.15. The van der Waals surface area contributed by atoms with Crippen LogP contribution in [0.1, 0.15) is 35.7 Å². The second kappa shape index (κ2) is 3.77. The van der Waals surface area contributed by atoms with Gasteiger partial charge < -0.3 is 14.9 Å². The van der Waals surface area contributed by atoms with Gasteiger partial charge in [-0.1, -0.05) is 0 Å². The number of rotatable bonds is 1. The lowest BCUT2D eigenvalue weighted by Gasteiger charge is -2.19. The molecule has 1 unspecified atom stereocenters. The van der Waals surface area contributed by atoms with Crippen LogP contribution in [0.4, 0.5) is 0 Å². The number of hydrogen-bond donors (Lipinski definition) is 1. The SMILES string of the molecule is COc1ccn2c3c(c(C)c2c1)C(N)CCC3. The molecule has 3 nitrogen and oxygen atoms in total. The lowest BCUT2D eigenvalue weighted by molar-refractivity contribution is 0.414. The monoisotopic (exact) mass is 230 g/mol. The molecular weight excluding hydrogens is 212 g/mol. The highest BCUT2D eigenvalue weighted by molar-refractivity contribution is 5.64. The van der Waals surface area contributed by atoms with Crippen LogP contribution in [0.2, 0.25) is 0 Å². The predicted octanol–water partition coefficient (Wildman–Crippen LogP) is 2.59. The lowest BCUT2D eigenvalue weighted by Crippen LogP contribution is -2.17. The molecule has 0 radical (unpaired) electrons. The highest BCUT2D eigenvalue weighted by Gasteiger charge is 2.24. The molecule has 1 aliphatic carbocycles. The van der Waals surface area contributed by atoms with E-state index in [2.05, 4.69) is 23.6 Å². The fourth-order valence-corrected chi connectivity index (χ4v) is 3.00. The summed E-state index contributed by atoms with van der Waals surface area (Å²) in [4.78, 5) is 0. The van der Waals surface area contributed by atoms with Gasteiger partial charge in [0.05, 0.1) is 12.6 Å². The molecule has 0 aromatic carbocycles. The highest BCUT2D eigenvalue weighted by Crippen LogP contribution is 2.35. The number of methoxy groups -OCH3 is 1. The van der Waals surface area contributed by atoms with E-state index in [1.54, 1.807) is 7.11 Å². The first-order chi connectivity index (χ1) is 8.22. The highest BCUT2D eigenvalue weighted by atomic mass is 16.5. The third kappa shape index (κ3) is 1.46. The van der Waals surface area contributed by atoms with E-state index in [1.807, 2.05) is 6.07 Å². The number of nitrogens with two attached hydrogens (primary N) is 1. The maximum atomic E-state index is 6.24. The van der Waals surface area contributed by atoms with Crippen LogP contribution in [0.15, 0.2) is 18.3 Å². The second-order valence-electron chi connectivity index (χ2n) is 4.81. The Kier molecular flexibility index (Phi) is 2.37. The summed E-state index contributed by atoms with van der Waals surface area (Å²) in [7, 11) is 1.70. The van der Waals surface area contributed by atoms with Crippen molar-refractivity contribution in [3.05, 3.63) is 35.2 Å². The van der Waals surface area contributed by atoms with Crippen molar-refractivity contribution in [3.63, 3.8) is 0 Å². The normalized spacial score (nSPS) is 19.4. The molecule has 3 heteroatoms. The average Bonchev–Trinajstić information content (AvgIpc) is 2.64. The molecule has 0 saturated carbocycles. The van der Waals surface area contributed by atoms with Gasteiger partial charge in [0.1, 0.15) is 5.75 Å². The first-order valence-corrected chi connectivity index (χ1v) is 6.15. The Labute approximate surface area is 101 Å². The van der Waals surface area contributed by atoms with E-state index in [0.717, 1.165) is 18.6 Å². The van der Waals surface area contributed by atoms with E-state index in [1.165, 1.54) is 28.8 Å². The molecule has 2 N–H and O–H groups in total. The Morgan fingerprint density at radius 3 is 3.06 bits per heavy atom. The van der Waals surface area contributed by atoms with Crippen LogP contribution in [-0.2, 0) is 6.42 Å². The molecular formula is C14H18N2O. The summed E-state index contributed by atoms with van der Waals surface area (Å²) in [6.07, 6.45) is 5.51. The van der Waals surface area contributed by atoms with Gasteiger partial charge in [-0.3, -0.25) is 0 Å². The van der Waals surface area contributed by atoms with Crippen LogP contribution in [0.5, 0.6) is 5.75 Å². The summed E-state index contributed by atoms with van der Waals surface area (Å²) in [6, 6.07) is 4.30. The van der Waals surface area contributed by atoms with Crippen molar-refractivity contribution < 1.29 is 4.74 Å². The van der Waals surface area contributed by atoms with Crippen LogP contribution in [0, 0.1) is 6.92 Å². The van der Waals surface area contributed by atoms with E-state index in [9.17, 15) is 0 Å². The summed E-state index contributed by atoms with van der Waals surface area (Å²) < 4.78 is 7.56. The number of fused-ring (bicyclic) bond motifs is 3. The first kappa shape index (κ1) is 10.7. The maximum Gasteiger partial charge on any atom is 0.122 e. The Bertz CT molecular complexity index is 571. The molecule has 2 heterocycles. The molecule has 0 spiro atoms. The van der Waals surface area contributed by atoms with Crippen LogP contribution in [0.3, 0.4) is 0 Å². The van der Waals surface area contributed by atoms with Crippen molar-refractivity contribution in [1.29, 1.82) is 0 Å². The molecule has 0 aliphatic heterocycles. The van der Waals surface area contributed by atoms with Crippen LogP contribution in [-0.4, -0.2) is 11.5 Å².